The number of nitrogens with one attached hydrogen (secondary N) is 1. The second kappa shape index (κ2) is 7.83. The summed E-state index contributed by atoms with van der Waals surface area (Å²) < 4.78 is 5.31. The number of hydrogen-bond donors (Lipinski definition) is 1. The summed E-state index contributed by atoms with van der Waals surface area (Å²) in [6, 6.07) is 0.458. The fourth-order valence-electron chi connectivity index (χ4n) is 3.64. The largest absolute Gasteiger partial charge is 0.462 e. The highest BCUT2D eigenvalue weighted by molar-refractivity contribution is 7.80. The van der Waals surface area contributed by atoms with E-state index in [1.165, 1.54) is 36.1 Å². The first-order valence-electron chi connectivity index (χ1n) is 9.01. The van der Waals surface area contributed by atoms with Gasteiger partial charge in [0.05, 0.1) is 12.2 Å². The molecular weight excluding hydrogens is 340 g/mol. The average molecular weight is 367 g/mol. The topological polar surface area (TPSA) is 41.6 Å². The Morgan fingerprint density at radius 3 is 2.88 bits per heavy atom. The molecule has 1 unspecified atom stereocenters. The van der Waals surface area contributed by atoms with Crippen molar-refractivity contribution in [2.75, 3.05) is 18.5 Å². The molecule has 1 aromatic heterocycles. The Hall–Kier alpha value is -1.14. The van der Waals surface area contributed by atoms with Crippen LogP contribution in [0.4, 0.5) is 5.00 Å². The third-order valence-corrected chi connectivity index (χ3v) is 6.48. The van der Waals surface area contributed by atoms with Gasteiger partial charge in [-0.05, 0) is 76.6 Å². The van der Waals surface area contributed by atoms with Gasteiger partial charge in [-0.1, -0.05) is 0 Å². The smallest absolute Gasteiger partial charge is 0.341 e. The second-order valence-electron chi connectivity index (χ2n) is 6.60. The molecule has 0 bridgehead atoms. The van der Waals surface area contributed by atoms with Crippen LogP contribution in [0, 0.1) is 0 Å². The first-order chi connectivity index (χ1) is 11.6. The van der Waals surface area contributed by atoms with Gasteiger partial charge in [0.25, 0.3) is 0 Å². The first-order valence-corrected chi connectivity index (χ1v) is 10.2. The van der Waals surface area contributed by atoms with Crippen LogP contribution in [0.25, 0.3) is 0 Å². The number of nitrogens with zero attached hydrogens (tertiary/aromatic N) is 1. The fraction of sp³-hybridized carbons (Fsp3) is 0.667. The van der Waals surface area contributed by atoms with E-state index in [0.717, 1.165) is 41.5 Å². The van der Waals surface area contributed by atoms with Crippen molar-refractivity contribution >= 4 is 39.6 Å². The number of thiophene rings is 1. The first kappa shape index (κ1) is 17.7. The van der Waals surface area contributed by atoms with Crippen LogP contribution in [0.3, 0.4) is 0 Å². The average Bonchev–Trinajstić information content (AvgIpc) is 2.93. The van der Waals surface area contributed by atoms with Crippen molar-refractivity contribution in [1.29, 1.82) is 0 Å². The van der Waals surface area contributed by atoms with Gasteiger partial charge in [0.15, 0.2) is 5.11 Å². The van der Waals surface area contributed by atoms with Crippen LogP contribution in [-0.2, 0) is 17.6 Å². The van der Waals surface area contributed by atoms with Crippen molar-refractivity contribution in [3.05, 3.63) is 16.0 Å². The maximum atomic E-state index is 12.5. The molecule has 2 aliphatic rings. The number of anilines is 1. The van der Waals surface area contributed by atoms with Crippen molar-refractivity contribution in [3.8, 4) is 0 Å². The maximum absolute atomic E-state index is 12.5. The highest BCUT2D eigenvalue weighted by atomic mass is 32.1. The summed E-state index contributed by atoms with van der Waals surface area (Å²) in [6.45, 7) is 5.46. The molecule has 0 radical (unpaired) electrons. The van der Waals surface area contributed by atoms with E-state index in [2.05, 4.69) is 17.1 Å². The van der Waals surface area contributed by atoms with Crippen LogP contribution in [-0.4, -0.2) is 35.2 Å². The van der Waals surface area contributed by atoms with Gasteiger partial charge in [-0.25, -0.2) is 4.79 Å². The number of thiocarbonyl (C=S) groups is 1. The summed E-state index contributed by atoms with van der Waals surface area (Å²) in [6.07, 6.45) is 7.98. The van der Waals surface area contributed by atoms with Gasteiger partial charge in [0.2, 0.25) is 0 Å². The molecule has 6 heteroatoms. The molecule has 1 aromatic rings. The number of aryl methyl sites for hydroxylation is 1. The summed E-state index contributed by atoms with van der Waals surface area (Å²) >= 11 is 7.34. The molecule has 0 saturated carbocycles. The minimum Gasteiger partial charge on any atom is -0.462 e. The van der Waals surface area contributed by atoms with Crippen LogP contribution in [0.15, 0.2) is 0 Å². The van der Waals surface area contributed by atoms with E-state index in [-0.39, 0.29) is 5.97 Å². The predicted molar refractivity (Wildman–Crippen MR) is 103 cm³/mol. The molecule has 1 atom stereocenters. The summed E-state index contributed by atoms with van der Waals surface area (Å²) in [5.41, 5.74) is 1.91. The molecule has 0 amide bonds. The Labute approximate surface area is 153 Å². The van der Waals surface area contributed by atoms with Gasteiger partial charge in [-0.3, -0.25) is 0 Å². The molecule has 1 fully saturated rings. The van der Waals surface area contributed by atoms with E-state index in [4.69, 9.17) is 17.0 Å². The number of carbonyl (C=O) groups is 1. The van der Waals surface area contributed by atoms with Crippen molar-refractivity contribution in [2.45, 2.75) is 64.8 Å². The third kappa shape index (κ3) is 3.59. The van der Waals surface area contributed by atoms with Gasteiger partial charge < -0.3 is 15.0 Å². The zero-order valence-corrected chi connectivity index (χ0v) is 16.2. The predicted octanol–water partition coefficient (Wildman–Crippen LogP) is 4.37. The molecule has 2 heterocycles. The number of rotatable bonds is 3. The molecule has 1 saturated heterocycles. The molecule has 3 rings (SSSR count). The molecule has 1 aliphatic heterocycles. The minimum absolute atomic E-state index is 0.214. The van der Waals surface area contributed by atoms with Gasteiger partial charge in [-0.2, -0.15) is 0 Å². The van der Waals surface area contributed by atoms with Crippen molar-refractivity contribution in [3.63, 3.8) is 0 Å². The van der Waals surface area contributed by atoms with E-state index < -0.39 is 0 Å². The number of ether oxygens (including phenoxy) is 1. The monoisotopic (exact) mass is 366 g/mol. The van der Waals surface area contributed by atoms with Crippen LogP contribution in [0.2, 0.25) is 0 Å². The van der Waals surface area contributed by atoms with E-state index in [0.29, 0.717) is 12.6 Å². The molecule has 24 heavy (non-hydrogen) atoms. The molecule has 1 aliphatic carbocycles. The SMILES string of the molecule is CCOC(=O)c1c(NC(=S)N2CCCCC2C)sc2c1CCCC2. The van der Waals surface area contributed by atoms with E-state index in [9.17, 15) is 4.79 Å². The molecule has 0 spiro atoms. The van der Waals surface area contributed by atoms with Gasteiger partial charge >= 0.3 is 5.97 Å². The van der Waals surface area contributed by atoms with E-state index in [1.54, 1.807) is 11.3 Å². The van der Waals surface area contributed by atoms with Crippen LogP contribution < -0.4 is 5.32 Å². The normalized spacial score (nSPS) is 20.4. The van der Waals surface area contributed by atoms with Gasteiger partial charge in [0.1, 0.15) is 5.00 Å². The number of likely N-dealkylation sites (tertiary alicyclic amines) is 1. The molecule has 1 N–H and O–H groups in total. The van der Waals surface area contributed by atoms with Crippen LogP contribution in [0.5, 0.6) is 0 Å². The van der Waals surface area contributed by atoms with Crippen molar-refractivity contribution in [1.82, 2.24) is 4.90 Å². The number of esters is 1. The molecular formula is C18H26N2O2S2. The summed E-state index contributed by atoms with van der Waals surface area (Å²) in [5.74, 6) is -0.214. The molecule has 0 aromatic carbocycles. The Balaban J connectivity index is 1.85. The summed E-state index contributed by atoms with van der Waals surface area (Å²) in [7, 11) is 0. The lowest BCUT2D eigenvalue weighted by atomic mass is 9.95. The zero-order chi connectivity index (χ0) is 17.1. The Morgan fingerprint density at radius 2 is 2.12 bits per heavy atom. The van der Waals surface area contributed by atoms with E-state index >= 15 is 0 Å². The molecule has 132 valence electrons. The van der Waals surface area contributed by atoms with Crippen LogP contribution >= 0.6 is 23.6 Å². The summed E-state index contributed by atoms with van der Waals surface area (Å²) in [5, 5.41) is 5.00. The minimum atomic E-state index is -0.214. The fourth-order valence-corrected chi connectivity index (χ4v) is 5.36. The quantitative estimate of drug-likeness (QED) is 0.635. The number of piperidine rings is 1. The lowest BCUT2D eigenvalue weighted by Crippen LogP contribution is -2.44. The van der Waals surface area contributed by atoms with Crippen molar-refractivity contribution in [2.24, 2.45) is 0 Å². The Kier molecular flexibility index (Phi) is 5.76. The number of hydrogen-bond acceptors (Lipinski definition) is 4. The van der Waals surface area contributed by atoms with Gasteiger partial charge in [-0.15, -0.1) is 11.3 Å². The van der Waals surface area contributed by atoms with Crippen molar-refractivity contribution < 1.29 is 9.53 Å². The maximum Gasteiger partial charge on any atom is 0.341 e. The van der Waals surface area contributed by atoms with E-state index in [1.807, 2.05) is 6.92 Å². The molecule has 4 nitrogen and oxygen atoms in total. The highest BCUT2D eigenvalue weighted by Gasteiger charge is 2.28. The number of carbonyl (C=O) groups excluding carboxylic acids is 1. The third-order valence-electron chi connectivity index (χ3n) is 4.94. The number of fused-ring (bicyclic) bond motifs is 1. The summed E-state index contributed by atoms with van der Waals surface area (Å²) in [4.78, 5) is 16.1. The lowest BCUT2D eigenvalue weighted by Gasteiger charge is -2.35. The highest BCUT2D eigenvalue weighted by Crippen LogP contribution is 2.39. The lowest BCUT2D eigenvalue weighted by molar-refractivity contribution is 0.0526. The van der Waals surface area contributed by atoms with Crippen LogP contribution in [0.1, 0.15) is 66.8 Å². The standard InChI is InChI=1S/C18H26N2O2S2/c1-3-22-17(21)15-13-9-4-5-10-14(13)24-16(15)19-18(23)20-11-7-6-8-12(20)2/h12H,3-11H2,1-2H3,(H,19,23). The Morgan fingerprint density at radius 1 is 1.33 bits per heavy atom. The second-order valence-corrected chi connectivity index (χ2v) is 8.10. The van der Waals surface area contributed by atoms with Gasteiger partial charge in [0, 0.05) is 17.5 Å². The zero-order valence-electron chi connectivity index (χ0n) is 14.5. The Bertz CT molecular complexity index is 627.